The minimum absolute atomic E-state index is 0.213. The molecule has 0 unspecified atom stereocenters. The first-order valence-corrected chi connectivity index (χ1v) is 11.6. The van der Waals surface area contributed by atoms with Crippen molar-refractivity contribution in [1.82, 2.24) is 15.0 Å². The zero-order valence-corrected chi connectivity index (χ0v) is 18.3. The van der Waals surface area contributed by atoms with Crippen molar-refractivity contribution in [3.8, 4) is 0 Å². The summed E-state index contributed by atoms with van der Waals surface area (Å²) in [4.78, 5) is 13.8. The number of halogens is 1. The molecule has 8 heteroatoms. The first-order chi connectivity index (χ1) is 15.6. The van der Waals surface area contributed by atoms with Gasteiger partial charge in [-0.05, 0) is 43.4 Å². The van der Waals surface area contributed by atoms with Crippen molar-refractivity contribution in [3.63, 3.8) is 0 Å². The van der Waals surface area contributed by atoms with Crippen LogP contribution < -0.4 is 10.6 Å². The first kappa shape index (κ1) is 20.8. The lowest BCUT2D eigenvalue weighted by atomic mass is 9.93. The van der Waals surface area contributed by atoms with Gasteiger partial charge in [0.1, 0.15) is 17.2 Å². The second kappa shape index (κ2) is 9.18. The highest BCUT2D eigenvalue weighted by atomic mass is 32.1. The zero-order valence-electron chi connectivity index (χ0n) is 17.5. The summed E-state index contributed by atoms with van der Waals surface area (Å²) in [5, 5.41) is 17.1. The van der Waals surface area contributed by atoms with Crippen molar-refractivity contribution in [1.29, 1.82) is 0 Å². The molecule has 2 aromatic carbocycles. The van der Waals surface area contributed by atoms with Crippen LogP contribution in [0.1, 0.15) is 36.9 Å². The molecule has 0 spiro atoms. The van der Waals surface area contributed by atoms with Gasteiger partial charge in [-0.15, -0.1) is 0 Å². The minimum Gasteiger partial charge on any atom is -0.393 e. The Hall–Kier alpha value is -3.10. The van der Waals surface area contributed by atoms with Crippen LogP contribution in [0.4, 0.5) is 21.3 Å². The monoisotopic (exact) mass is 449 g/mol. The third-order valence-corrected chi connectivity index (χ3v) is 6.58. The van der Waals surface area contributed by atoms with Crippen LogP contribution in [0.25, 0.3) is 10.2 Å². The number of hydrogen-bond acceptors (Lipinski definition) is 7. The fourth-order valence-corrected chi connectivity index (χ4v) is 4.89. The molecular formula is C24H24FN5OS. The number of aliphatic hydroxyl groups is 1. The van der Waals surface area contributed by atoms with Crippen LogP contribution in [0.5, 0.6) is 0 Å². The van der Waals surface area contributed by atoms with Crippen molar-refractivity contribution in [3.05, 3.63) is 71.7 Å². The highest BCUT2D eigenvalue weighted by Gasteiger charge is 2.20. The van der Waals surface area contributed by atoms with Crippen molar-refractivity contribution >= 4 is 38.5 Å². The van der Waals surface area contributed by atoms with Gasteiger partial charge < -0.3 is 15.7 Å². The van der Waals surface area contributed by atoms with Crippen molar-refractivity contribution in [2.45, 2.75) is 44.2 Å². The summed E-state index contributed by atoms with van der Waals surface area (Å²) in [6.45, 7) is 0. The largest absolute Gasteiger partial charge is 0.393 e. The van der Waals surface area contributed by atoms with Crippen LogP contribution in [0.3, 0.4) is 0 Å². The second-order valence-electron chi connectivity index (χ2n) is 8.11. The average Bonchev–Trinajstić information content (AvgIpc) is 3.20. The van der Waals surface area contributed by atoms with Gasteiger partial charge in [0.2, 0.25) is 5.95 Å². The molecule has 0 radical (unpaired) electrons. The van der Waals surface area contributed by atoms with E-state index in [1.807, 2.05) is 30.3 Å². The topological polar surface area (TPSA) is 83.0 Å². The Labute approximate surface area is 189 Å². The molecule has 1 aliphatic carbocycles. The van der Waals surface area contributed by atoms with E-state index in [-0.39, 0.29) is 18.0 Å². The lowest BCUT2D eigenvalue weighted by Gasteiger charge is -2.26. The van der Waals surface area contributed by atoms with E-state index in [9.17, 15) is 9.50 Å². The summed E-state index contributed by atoms with van der Waals surface area (Å²) in [5.41, 5.74) is 2.39. The number of aliphatic hydroxyl groups excluding tert-OH is 1. The molecule has 0 amide bonds. The SMILES string of the molecule is OC1CCC(Nc2nc(Cc3ccccc3)cc(Nc3nc4c(F)cccc4s3)n2)CC1. The van der Waals surface area contributed by atoms with Crippen molar-refractivity contribution in [2.24, 2.45) is 0 Å². The van der Waals surface area contributed by atoms with Crippen molar-refractivity contribution in [2.75, 3.05) is 10.6 Å². The van der Waals surface area contributed by atoms with E-state index in [1.165, 1.54) is 17.4 Å². The zero-order chi connectivity index (χ0) is 21.9. The molecule has 0 atom stereocenters. The van der Waals surface area contributed by atoms with Gasteiger partial charge in [0.25, 0.3) is 0 Å². The van der Waals surface area contributed by atoms with E-state index in [1.54, 1.807) is 6.07 Å². The first-order valence-electron chi connectivity index (χ1n) is 10.8. The van der Waals surface area contributed by atoms with Gasteiger partial charge in [0.15, 0.2) is 5.13 Å². The van der Waals surface area contributed by atoms with E-state index in [4.69, 9.17) is 4.98 Å². The highest BCUT2D eigenvalue weighted by molar-refractivity contribution is 7.22. The molecule has 0 aliphatic heterocycles. The number of benzene rings is 2. The number of hydrogen-bond donors (Lipinski definition) is 3. The number of nitrogens with one attached hydrogen (secondary N) is 2. The predicted octanol–water partition coefficient (Wildman–Crippen LogP) is 5.28. The Bertz CT molecular complexity index is 1210. The Kier molecular flexibility index (Phi) is 5.96. The molecule has 1 aliphatic rings. The van der Waals surface area contributed by atoms with Crippen molar-refractivity contribution < 1.29 is 9.50 Å². The summed E-state index contributed by atoms with van der Waals surface area (Å²) >= 11 is 1.39. The Morgan fingerprint density at radius 3 is 2.56 bits per heavy atom. The maximum atomic E-state index is 14.1. The lowest BCUT2D eigenvalue weighted by molar-refractivity contribution is 0.126. The fourth-order valence-electron chi connectivity index (χ4n) is 4.00. The van der Waals surface area contributed by atoms with Crippen LogP contribution in [0, 0.1) is 5.82 Å². The van der Waals surface area contributed by atoms with Crippen LogP contribution in [0.2, 0.25) is 0 Å². The molecule has 3 N–H and O–H groups in total. The van der Waals surface area contributed by atoms with E-state index in [0.717, 1.165) is 41.6 Å². The van der Waals surface area contributed by atoms with Gasteiger partial charge in [-0.2, -0.15) is 4.98 Å². The molecule has 6 nitrogen and oxygen atoms in total. The van der Waals surface area contributed by atoms with Crippen LogP contribution >= 0.6 is 11.3 Å². The summed E-state index contributed by atoms with van der Waals surface area (Å²) in [7, 11) is 0. The van der Waals surface area contributed by atoms with Gasteiger partial charge in [-0.25, -0.2) is 14.4 Å². The van der Waals surface area contributed by atoms with Crippen LogP contribution in [-0.2, 0) is 6.42 Å². The second-order valence-corrected chi connectivity index (χ2v) is 9.14. The maximum Gasteiger partial charge on any atom is 0.225 e. The maximum absolute atomic E-state index is 14.1. The molecular weight excluding hydrogens is 425 g/mol. The number of thiazole rings is 1. The average molecular weight is 450 g/mol. The molecule has 1 fully saturated rings. The van der Waals surface area contributed by atoms with Gasteiger partial charge >= 0.3 is 0 Å². The highest BCUT2D eigenvalue weighted by Crippen LogP contribution is 2.30. The van der Waals surface area contributed by atoms with Gasteiger partial charge in [0, 0.05) is 18.5 Å². The molecule has 32 heavy (non-hydrogen) atoms. The fraction of sp³-hybridized carbons (Fsp3) is 0.292. The molecule has 0 bridgehead atoms. The number of rotatable bonds is 6. The Morgan fingerprint density at radius 1 is 0.969 bits per heavy atom. The third kappa shape index (κ3) is 4.87. The Morgan fingerprint density at radius 2 is 1.78 bits per heavy atom. The van der Waals surface area contributed by atoms with E-state index in [2.05, 4.69) is 32.7 Å². The molecule has 0 saturated heterocycles. The third-order valence-electron chi connectivity index (χ3n) is 5.64. The minimum atomic E-state index is -0.332. The van der Waals surface area contributed by atoms with Gasteiger partial charge in [0.05, 0.1) is 16.5 Å². The van der Waals surface area contributed by atoms with Gasteiger partial charge in [-0.1, -0.05) is 47.7 Å². The number of anilines is 3. The van der Waals surface area contributed by atoms with Gasteiger partial charge in [-0.3, -0.25) is 0 Å². The quantitative estimate of drug-likeness (QED) is 0.372. The molecule has 1 saturated carbocycles. The smallest absolute Gasteiger partial charge is 0.225 e. The number of nitrogens with zero attached hydrogens (tertiary/aromatic N) is 3. The number of para-hydroxylation sites is 1. The predicted molar refractivity (Wildman–Crippen MR) is 126 cm³/mol. The lowest BCUT2D eigenvalue weighted by Crippen LogP contribution is -2.29. The summed E-state index contributed by atoms with van der Waals surface area (Å²) < 4.78 is 14.8. The van der Waals surface area contributed by atoms with Crippen LogP contribution in [-0.4, -0.2) is 32.2 Å². The molecule has 164 valence electrons. The van der Waals surface area contributed by atoms with E-state index in [0.29, 0.717) is 28.8 Å². The van der Waals surface area contributed by atoms with E-state index >= 15 is 0 Å². The molecule has 4 aromatic rings. The molecule has 5 rings (SSSR count). The number of aromatic nitrogens is 3. The Balaban J connectivity index is 1.42. The summed E-state index contributed by atoms with van der Waals surface area (Å²) in [6, 6.07) is 17.3. The summed E-state index contributed by atoms with van der Waals surface area (Å²) in [6.07, 6.45) is 3.79. The summed E-state index contributed by atoms with van der Waals surface area (Å²) in [5.74, 6) is 0.833. The standard InChI is InChI=1S/C24H24FN5OS/c25-19-7-4-8-20-22(19)30-24(32-20)29-21-14-17(13-15-5-2-1-3-6-15)27-23(28-21)26-16-9-11-18(31)12-10-16/h1-8,14,16,18,31H,9-13H2,(H2,26,27,28,29,30). The molecule has 2 heterocycles. The van der Waals surface area contributed by atoms with Crippen LogP contribution in [0.15, 0.2) is 54.6 Å². The molecule has 2 aromatic heterocycles. The normalized spacial score (nSPS) is 18.6. The number of fused-ring (bicyclic) bond motifs is 1. The van der Waals surface area contributed by atoms with E-state index < -0.39 is 0 Å².